The van der Waals surface area contributed by atoms with Crippen LogP contribution in [0.2, 0.25) is 0 Å². The first-order valence-corrected chi connectivity index (χ1v) is 17.2. The summed E-state index contributed by atoms with van der Waals surface area (Å²) in [5.41, 5.74) is 0.507. The van der Waals surface area contributed by atoms with E-state index in [0.29, 0.717) is 17.7 Å². The van der Waals surface area contributed by atoms with Gasteiger partial charge in [-0.1, -0.05) is 25.3 Å². The second kappa shape index (κ2) is 10.7. The molecule has 2 atom stereocenters. The molecule has 14 heteroatoms. The highest BCUT2D eigenvalue weighted by atomic mass is 32.2. The van der Waals surface area contributed by atoms with E-state index >= 15 is 0 Å². The molecule has 1 aromatic heterocycles. The molecule has 2 amide bonds. The van der Waals surface area contributed by atoms with Crippen LogP contribution in [0.15, 0.2) is 36.4 Å². The minimum Gasteiger partial charge on any atom is -0.497 e. The number of rotatable bonds is 6. The molecule has 2 aliphatic carbocycles. The fraction of sp³-hybridized carbons (Fsp3) is 0.515. The number of nitrogens with one attached hydrogen (secondary N) is 1. The number of hydrogen-bond acceptors (Lipinski definition) is 6. The summed E-state index contributed by atoms with van der Waals surface area (Å²) in [5.74, 6) is -0.770. The normalized spacial score (nSPS) is 23.7. The SMILES string of the molecule is COc1ccc2c(c1)C1CC1(C(=O)N1CC(O)(C(F)(F)F)C1)Cn1c-2c(C2CCCCC2)c2ccc(C(=O)NS(=O)(=O)N(C)C)cc21. The van der Waals surface area contributed by atoms with Gasteiger partial charge in [0.15, 0.2) is 5.60 Å². The Balaban J connectivity index is 1.40. The van der Waals surface area contributed by atoms with Crippen LogP contribution in [-0.4, -0.2) is 85.2 Å². The third-order valence-electron chi connectivity index (χ3n) is 10.6. The van der Waals surface area contributed by atoms with E-state index < -0.39 is 52.3 Å². The minimum atomic E-state index is -4.86. The molecule has 2 saturated carbocycles. The lowest BCUT2D eigenvalue weighted by Crippen LogP contribution is -2.71. The van der Waals surface area contributed by atoms with E-state index in [2.05, 4.69) is 4.72 Å². The number of alkyl halides is 3. The summed E-state index contributed by atoms with van der Waals surface area (Å²) < 4.78 is 76.1. The van der Waals surface area contributed by atoms with Crippen LogP contribution in [0.4, 0.5) is 13.2 Å². The highest BCUT2D eigenvalue weighted by Gasteiger charge is 2.69. The van der Waals surface area contributed by atoms with E-state index in [9.17, 15) is 36.3 Å². The standard InChI is InChI=1S/C33H37F3N4O6S/c1-38(2)47(44,45)37-29(41)20-9-11-23-26(13-20)40-16-31(30(42)39-17-32(43,18-39)33(34,35)36)15-25(31)24-14-21(46-3)10-12-22(24)28(40)27(23)19-7-5-4-6-8-19/h9-14,19,25,43H,4-8,15-18H2,1-3H3,(H,37,41). The molecule has 0 spiro atoms. The Kier molecular flexibility index (Phi) is 7.27. The number of amides is 2. The van der Waals surface area contributed by atoms with E-state index in [1.165, 1.54) is 14.1 Å². The van der Waals surface area contributed by atoms with Crippen molar-refractivity contribution in [3.8, 4) is 17.0 Å². The molecule has 3 fully saturated rings. The van der Waals surface area contributed by atoms with E-state index in [1.54, 1.807) is 19.2 Å². The average Bonchev–Trinajstić information content (AvgIpc) is 3.68. The summed E-state index contributed by atoms with van der Waals surface area (Å²) in [5, 5.41) is 11.0. The quantitative estimate of drug-likeness (QED) is 0.397. The van der Waals surface area contributed by atoms with Crippen LogP contribution >= 0.6 is 0 Å². The van der Waals surface area contributed by atoms with Gasteiger partial charge in [0.1, 0.15) is 5.75 Å². The number of nitrogens with zero attached hydrogens (tertiary/aromatic N) is 3. The first kappa shape index (κ1) is 32.0. The van der Waals surface area contributed by atoms with Crippen LogP contribution in [0.25, 0.3) is 22.2 Å². The molecule has 252 valence electrons. The second-order valence-electron chi connectivity index (χ2n) is 13.7. The number of benzene rings is 2. The minimum absolute atomic E-state index is 0.114. The lowest BCUT2D eigenvalue weighted by atomic mass is 9.81. The number of fused-ring (bicyclic) bond motifs is 7. The Morgan fingerprint density at radius 1 is 1.04 bits per heavy atom. The third-order valence-corrected chi connectivity index (χ3v) is 12.0. The Bertz CT molecular complexity index is 1910. The summed E-state index contributed by atoms with van der Waals surface area (Å²) in [6.45, 7) is -1.51. The van der Waals surface area contributed by atoms with Crippen molar-refractivity contribution in [1.29, 1.82) is 0 Å². The van der Waals surface area contributed by atoms with Crippen LogP contribution in [0.3, 0.4) is 0 Å². The predicted molar refractivity (Wildman–Crippen MR) is 167 cm³/mol. The smallest absolute Gasteiger partial charge is 0.420 e. The van der Waals surface area contributed by atoms with Gasteiger partial charge in [-0.25, -0.2) is 4.72 Å². The summed E-state index contributed by atoms with van der Waals surface area (Å²) in [7, 11) is 0.106. The number of aromatic nitrogens is 1. The molecular weight excluding hydrogens is 637 g/mol. The number of likely N-dealkylation sites (tertiary alicyclic amines) is 1. The van der Waals surface area contributed by atoms with Crippen molar-refractivity contribution in [2.45, 2.75) is 68.7 Å². The predicted octanol–water partition coefficient (Wildman–Crippen LogP) is 4.52. The molecule has 0 bridgehead atoms. The fourth-order valence-corrected chi connectivity index (χ4v) is 8.45. The molecule has 3 aromatic rings. The topological polar surface area (TPSA) is 121 Å². The Morgan fingerprint density at radius 2 is 1.74 bits per heavy atom. The van der Waals surface area contributed by atoms with Crippen LogP contribution in [0, 0.1) is 5.41 Å². The van der Waals surface area contributed by atoms with Crippen molar-refractivity contribution in [2.75, 3.05) is 34.3 Å². The molecule has 47 heavy (non-hydrogen) atoms. The van der Waals surface area contributed by atoms with E-state index in [1.807, 2.05) is 28.8 Å². The Labute approximate surface area is 270 Å². The molecule has 2 N–H and O–H groups in total. The Morgan fingerprint density at radius 3 is 2.38 bits per heavy atom. The molecule has 0 radical (unpaired) electrons. The van der Waals surface area contributed by atoms with Gasteiger partial charge in [-0.15, -0.1) is 0 Å². The number of ether oxygens (including phenoxy) is 1. The number of halogens is 3. The maximum atomic E-state index is 14.2. The molecule has 2 aliphatic heterocycles. The molecule has 4 aliphatic rings. The van der Waals surface area contributed by atoms with Gasteiger partial charge in [-0.05, 0) is 66.6 Å². The molecular formula is C33H37F3N4O6S. The number of aliphatic hydroxyl groups is 1. The van der Waals surface area contributed by atoms with Gasteiger partial charge in [0.2, 0.25) is 5.91 Å². The average molecular weight is 675 g/mol. The van der Waals surface area contributed by atoms with Crippen LogP contribution < -0.4 is 9.46 Å². The fourth-order valence-electron chi connectivity index (χ4n) is 7.91. The van der Waals surface area contributed by atoms with E-state index in [0.717, 1.165) is 69.1 Å². The molecule has 2 unspecified atom stereocenters. The second-order valence-corrected chi connectivity index (χ2v) is 15.6. The molecule has 2 aromatic carbocycles. The van der Waals surface area contributed by atoms with Gasteiger partial charge in [-0.3, -0.25) is 9.59 Å². The van der Waals surface area contributed by atoms with Gasteiger partial charge in [-0.2, -0.15) is 25.9 Å². The van der Waals surface area contributed by atoms with Crippen molar-refractivity contribution < 1.29 is 41.0 Å². The molecule has 3 heterocycles. The molecule has 7 rings (SSSR count). The first-order chi connectivity index (χ1) is 22.1. The molecule has 1 saturated heterocycles. The van der Waals surface area contributed by atoms with Crippen molar-refractivity contribution >= 4 is 32.9 Å². The van der Waals surface area contributed by atoms with Crippen LogP contribution in [0.1, 0.15) is 71.8 Å². The third kappa shape index (κ3) is 4.93. The number of β-amino-alcohol motifs (C(OH)–C–C–N with tert-alkyl or cyclic N) is 1. The van der Waals surface area contributed by atoms with Gasteiger partial charge in [0.25, 0.3) is 5.91 Å². The van der Waals surface area contributed by atoms with Crippen molar-refractivity contribution in [3.63, 3.8) is 0 Å². The van der Waals surface area contributed by atoms with E-state index in [-0.39, 0.29) is 23.9 Å². The highest BCUT2D eigenvalue weighted by Crippen LogP contribution is 2.66. The lowest BCUT2D eigenvalue weighted by molar-refractivity contribution is -0.298. The number of hydrogen-bond donors (Lipinski definition) is 2. The van der Waals surface area contributed by atoms with Crippen molar-refractivity contribution in [1.82, 2.24) is 18.5 Å². The van der Waals surface area contributed by atoms with Gasteiger partial charge in [0, 0.05) is 48.6 Å². The number of carbonyl (C=O) groups excluding carboxylic acids is 2. The highest BCUT2D eigenvalue weighted by molar-refractivity contribution is 7.87. The van der Waals surface area contributed by atoms with E-state index in [4.69, 9.17) is 4.74 Å². The maximum Gasteiger partial charge on any atom is 0.420 e. The molecule has 10 nitrogen and oxygen atoms in total. The zero-order chi connectivity index (χ0) is 33.7. The van der Waals surface area contributed by atoms with Crippen molar-refractivity contribution in [2.24, 2.45) is 5.41 Å². The Hall–Kier alpha value is -3.62. The maximum absolute atomic E-state index is 14.2. The lowest BCUT2D eigenvalue weighted by Gasteiger charge is -2.48. The first-order valence-electron chi connectivity index (χ1n) is 15.8. The zero-order valence-corrected chi connectivity index (χ0v) is 27.2. The largest absolute Gasteiger partial charge is 0.497 e. The van der Waals surface area contributed by atoms with Gasteiger partial charge < -0.3 is 19.3 Å². The monoisotopic (exact) mass is 674 g/mol. The summed E-state index contributed by atoms with van der Waals surface area (Å²) in [6.07, 6.45) is 0.684. The summed E-state index contributed by atoms with van der Waals surface area (Å²) in [4.78, 5) is 28.5. The zero-order valence-electron chi connectivity index (χ0n) is 26.4. The number of carbonyl (C=O) groups is 2. The van der Waals surface area contributed by atoms with Gasteiger partial charge >= 0.3 is 16.4 Å². The van der Waals surface area contributed by atoms with Gasteiger partial charge in [0.05, 0.1) is 31.3 Å². The van der Waals surface area contributed by atoms with Crippen LogP contribution in [0.5, 0.6) is 5.75 Å². The summed E-state index contributed by atoms with van der Waals surface area (Å²) in [6, 6.07) is 10.8. The summed E-state index contributed by atoms with van der Waals surface area (Å²) >= 11 is 0. The van der Waals surface area contributed by atoms with Crippen LogP contribution in [-0.2, 0) is 21.5 Å². The van der Waals surface area contributed by atoms with Crippen molar-refractivity contribution in [3.05, 3.63) is 53.1 Å². The number of methoxy groups -OCH3 is 1.